The fraction of sp³-hybridized carbons (Fsp3) is 0.303. The molecule has 0 atom stereocenters. The third-order valence-electron chi connectivity index (χ3n) is 8.31. The first-order valence-corrected chi connectivity index (χ1v) is 15.8. The molecule has 5 heterocycles. The number of nitrogens with one attached hydrogen (secondary N) is 3. The predicted molar refractivity (Wildman–Crippen MR) is 174 cm³/mol. The highest BCUT2D eigenvalue weighted by Gasteiger charge is 2.29. The van der Waals surface area contributed by atoms with Crippen LogP contribution in [0.4, 0.5) is 19.0 Å². The largest absolute Gasteiger partial charge is 0.393 e. The van der Waals surface area contributed by atoms with Crippen molar-refractivity contribution in [2.45, 2.75) is 51.5 Å². The molecule has 1 amide bonds. The molecule has 1 aliphatic rings. The van der Waals surface area contributed by atoms with Crippen molar-refractivity contribution < 1.29 is 18.0 Å². The molecular weight excluding hydrogens is 629 g/mol. The van der Waals surface area contributed by atoms with Crippen molar-refractivity contribution in [3.63, 3.8) is 0 Å². The lowest BCUT2D eigenvalue weighted by atomic mass is 10.0. The summed E-state index contributed by atoms with van der Waals surface area (Å²) in [6, 6.07) is 14.1. The van der Waals surface area contributed by atoms with E-state index in [4.69, 9.17) is 0 Å². The van der Waals surface area contributed by atoms with Crippen molar-refractivity contribution in [1.29, 1.82) is 5.26 Å². The molecule has 4 aromatic heterocycles. The number of nitrogens with zero attached hydrogens (tertiary/aromatic N) is 5. The van der Waals surface area contributed by atoms with E-state index in [1.165, 1.54) is 30.6 Å². The van der Waals surface area contributed by atoms with E-state index in [2.05, 4.69) is 49.2 Å². The van der Waals surface area contributed by atoms with Crippen LogP contribution in [-0.4, -0.2) is 55.6 Å². The zero-order valence-corrected chi connectivity index (χ0v) is 26.3. The summed E-state index contributed by atoms with van der Waals surface area (Å²) in [6.07, 6.45) is -2.19. The van der Waals surface area contributed by atoms with Gasteiger partial charge in [0.2, 0.25) is 5.56 Å². The number of likely N-dealkylation sites (tertiary alicyclic amines) is 1. The van der Waals surface area contributed by atoms with E-state index >= 15 is 0 Å². The SMILES string of the molecule is C=C(Cn1c(C#N)cc2c(C)c(CN3CCC(Nc4ncnc5sc(CC(F)(F)F)cc45)CC3)ccc21)NC(=O)c1cccc(=O)[nH]1. The molecule has 0 saturated carbocycles. The molecule has 10 nitrogen and oxygen atoms in total. The number of hydrogen-bond donors (Lipinski definition) is 3. The van der Waals surface area contributed by atoms with E-state index in [0.717, 1.165) is 65.8 Å². The standard InChI is InChI=1S/C33H31F3N8O2S/c1-19(40-31(46)27-4-3-5-29(45)42-27)16-44-23(15-37)12-25-20(2)21(6-7-28(25)44)17-43-10-8-22(9-11-43)41-30-26-13-24(14-33(34,35)36)47-32(26)39-18-38-30/h3-7,12-13,18,22H,1,8-11,14,16-17H2,2H3,(H,40,46)(H,42,45)(H,38,39,41). The van der Waals surface area contributed by atoms with Gasteiger partial charge in [-0.1, -0.05) is 18.7 Å². The molecule has 47 heavy (non-hydrogen) atoms. The van der Waals surface area contributed by atoms with Gasteiger partial charge in [-0.3, -0.25) is 14.5 Å². The molecule has 0 radical (unpaired) electrons. The van der Waals surface area contributed by atoms with Gasteiger partial charge in [-0.15, -0.1) is 11.3 Å². The minimum absolute atomic E-state index is 0.115. The molecule has 1 fully saturated rings. The molecule has 0 bridgehead atoms. The number of nitriles is 1. The summed E-state index contributed by atoms with van der Waals surface area (Å²) in [6.45, 7) is 8.55. The van der Waals surface area contributed by atoms with Crippen molar-refractivity contribution >= 4 is 44.2 Å². The molecule has 6 rings (SSSR count). The predicted octanol–water partition coefficient (Wildman–Crippen LogP) is 5.64. The molecule has 1 saturated heterocycles. The van der Waals surface area contributed by atoms with Crippen LogP contribution < -0.4 is 16.2 Å². The molecule has 242 valence electrons. The Bertz CT molecular complexity index is 2080. The van der Waals surface area contributed by atoms with Crippen LogP contribution in [0.25, 0.3) is 21.1 Å². The van der Waals surface area contributed by atoms with Gasteiger partial charge in [-0.2, -0.15) is 18.4 Å². The summed E-state index contributed by atoms with van der Waals surface area (Å²) in [5.41, 5.74) is 3.58. The Balaban J connectivity index is 1.09. The van der Waals surface area contributed by atoms with Crippen LogP contribution in [0, 0.1) is 18.3 Å². The van der Waals surface area contributed by atoms with Crippen molar-refractivity contribution in [3.8, 4) is 6.07 Å². The number of thiophene rings is 1. The van der Waals surface area contributed by atoms with Gasteiger partial charge in [0.1, 0.15) is 34.4 Å². The second-order valence-corrected chi connectivity index (χ2v) is 12.8. The lowest BCUT2D eigenvalue weighted by molar-refractivity contribution is -0.126. The van der Waals surface area contributed by atoms with Crippen LogP contribution in [-0.2, 0) is 19.5 Å². The van der Waals surface area contributed by atoms with E-state index in [-0.39, 0.29) is 28.7 Å². The average molecular weight is 661 g/mol. The monoisotopic (exact) mass is 660 g/mol. The summed E-state index contributed by atoms with van der Waals surface area (Å²) < 4.78 is 40.6. The van der Waals surface area contributed by atoms with Gasteiger partial charge < -0.3 is 20.2 Å². The molecule has 1 aromatic carbocycles. The Morgan fingerprint density at radius 1 is 1.17 bits per heavy atom. The van der Waals surface area contributed by atoms with Crippen LogP contribution >= 0.6 is 11.3 Å². The number of aryl methyl sites for hydroxylation is 1. The van der Waals surface area contributed by atoms with Gasteiger partial charge in [0, 0.05) is 53.2 Å². The Morgan fingerprint density at radius 3 is 2.68 bits per heavy atom. The van der Waals surface area contributed by atoms with Crippen molar-refractivity contribution in [3.05, 3.63) is 98.8 Å². The van der Waals surface area contributed by atoms with Crippen LogP contribution in [0.1, 0.15) is 45.0 Å². The van der Waals surface area contributed by atoms with Gasteiger partial charge in [0.15, 0.2) is 0 Å². The summed E-state index contributed by atoms with van der Waals surface area (Å²) in [5, 5.41) is 17.6. The molecule has 0 aliphatic carbocycles. The maximum atomic E-state index is 12.9. The third kappa shape index (κ3) is 7.21. The quantitative estimate of drug-likeness (QED) is 0.187. The average Bonchev–Trinajstić information content (AvgIpc) is 3.59. The first-order valence-electron chi connectivity index (χ1n) is 15.0. The number of carbonyl (C=O) groups is 1. The number of H-pyrrole nitrogens is 1. The Kier molecular flexibility index (Phi) is 8.85. The zero-order chi connectivity index (χ0) is 33.3. The number of piperidine rings is 1. The molecule has 0 unspecified atom stereocenters. The number of rotatable bonds is 9. The second-order valence-electron chi connectivity index (χ2n) is 11.6. The maximum absolute atomic E-state index is 12.9. The van der Waals surface area contributed by atoms with Crippen LogP contribution in [0.15, 0.2) is 65.9 Å². The number of pyridine rings is 1. The Morgan fingerprint density at radius 2 is 1.96 bits per heavy atom. The minimum atomic E-state index is -4.28. The number of hydrogen-bond acceptors (Lipinski definition) is 8. The number of benzene rings is 1. The summed E-state index contributed by atoms with van der Waals surface area (Å²) >= 11 is 1.04. The highest BCUT2D eigenvalue weighted by atomic mass is 32.1. The lowest BCUT2D eigenvalue weighted by Crippen LogP contribution is -2.39. The molecule has 1 aliphatic heterocycles. The van der Waals surface area contributed by atoms with E-state index < -0.39 is 18.5 Å². The van der Waals surface area contributed by atoms with Gasteiger partial charge in [-0.05, 0) is 55.2 Å². The molecule has 14 heteroatoms. The Labute approximate surface area is 271 Å². The van der Waals surface area contributed by atoms with E-state index in [1.54, 1.807) is 0 Å². The first kappa shape index (κ1) is 32.0. The van der Waals surface area contributed by atoms with Crippen LogP contribution in [0.2, 0.25) is 0 Å². The summed E-state index contributed by atoms with van der Waals surface area (Å²) in [4.78, 5) is 38.3. The molecule has 3 N–H and O–H groups in total. The number of aromatic amines is 1. The normalized spacial score (nSPS) is 14.4. The number of carbonyl (C=O) groups excluding carboxylic acids is 1. The fourth-order valence-corrected chi connectivity index (χ4v) is 7.00. The lowest BCUT2D eigenvalue weighted by Gasteiger charge is -2.33. The smallest absolute Gasteiger partial charge is 0.367 e. The molecule has 5 aromatic rings. The zero-order valence-electron chi connectivity index (χ0n) is 25.4. The number of halogens is 3. The number of allylic oxidation sites excluding steroid dienone is 1. The second kappa shape index (κ2) is 13.0. The van der Waals surface area contributed by atoms with Gasteiger partial charge in [-0.25, -0.2) is 9.97 Å². The number of anilines is 1. The highest BCUT2D eigenvalue weighted by molar-refractivity contribution is 7.18. The Hall–Kier alpha value is -5.00. The van der Waals surface area contributed by atoms with Crippen molar-refractivity contribution in [1.82, 2.24) is 29.7 Å². The molecular formula is C33H31F3N8O2S. The number of amides is 1. The number of aromatic nitrogens is 4. The van der Waals surface area contributed by atoms with Gasteiger partial charge >= 0.3 is 6.18 Å². The van der Waals surface area contributed by atoms with E-state index in [0.29, 0.717) is 27.4 Å². The maximum Gasteiger partial charge on any atom is 0.393 e. The minimum Gasteiger partial charge on any atom is -0.367 e. The first-order chi connectivity index (χ1) is 22.5. The van der Waals surface area contributed by atoms with E-state index in [1.807, 2.05) is 23.6 Å². The van der Waals surface area contributed by atoms with Crippen molar-refractivity contribution in [2.24, 2.45) is 0 Å². The van der Waals surface area contributed by atoms with Gasteiger partial charge in [0.25, 0.3) is 5.91 Å². The summed E-state index contributed by atoms with van der Waals surface area (Å²) in [7, 11) is 0. The topological polar surface area (TPSA) is 132 Å². The number of fused-ring (bicyclic) bond motifs is 2. The van der Waals surface area contributed by atoms with Crippen LogP contribution in [0.3, 0.4) is 0 Å². The highest BCUT2D eigenvalue weighted by Crippen LogP contribution is 2.33. The number of alkyl halides is 3. The van der Waals surface area contributed by atoms with Gasteiger partial charge in [0.05, 0.1) is 18.4 Å². The van der Waals surface area contributed by atoms with Crippen LogP contribution in [0.5, 0.6) is 0 Å². The third-order valence-corrected chi connectivity index (χ3v) is 9.35. The fourth-order valence-electron chi connectivity index (χ4n) is 5.97. The van der Waals surface area contributed by atoms with Crippen molar-refractivity contribution in [2.75, 3.05) is 18.4 Å². The van der Waals surface area contributed by atoms with E-state index in [9.17, 15) is 28.0 Å². The summed E-state index contributed by atoms with van der Waals surface area (Å²) in [5.74, 6) is 0.0708. The molecule has 0 spiro atoms.